The Balaban J connectivity index is 3.21. The molecule has 1 saturated heterocycles. The lowest BCUT2D eigenvalue weighted by molar-refractivity contribution is -0.142. The molecule has 1 aliphatic rings. The number of carboxylic acid groups (broad SMARTS) is 1. The zero-order chi connectivity index (χ0) is 69.8. The molecule has 0 aliphatic carbocycles. The van der Waals surface area contributed by atoms with E-state index in [4.69, 9.17) is 34.1 Å². The van der Waals surface area contributed by atoms with E-state index in [-0.39, 0.29) is 88.8 Å². The Kier molecular flexibility index (Phi) is 38.0. The number of rotatable bonds is 45. The van der Waals surface area contributed by atoms with E-state index in [1.807, 2.05) is 0 Å². The number of nitrogens with one attached hydrogen (secondary N) is 15. The first-order valence-electron chi connectivity index (χ1n) is 30.8. The van der Waals surface area contributed by atoms with Crippen LogP contribution in [0.3, 0.4) is 0 Å². The van der Waals surface area contributed by atoms with E-state index >= 15 is 0 Å². The predicted octanol–water partition coefficient (Wildman–Crippen LogP) is -7.67. The monoisotopic (exact) mass is 1310 g/mol. The third-order valence-electron chi connectivity index (χ3n) is 14.4. The Hall–Kier alpha value is -8.80. The van der Waals surface area contributed by atoms with E-state index in [1.165, 1.54) is 20.8 Å². The van der Waals surface area contributed by atoms with Gasteiger partial charge in [-0.1, -0.05) is 27.7 Å². The lowest BCUT2D eigenvalue weighted by atomic mass is 10.0. The number of primary amides is 2. The van der Waals surface area contributed by atoms with Crippen molar-refractivity contribution in [3.05, 3.63) is 0 Å². The van der Waals surface area contributed by atoms with Crippen molar-refractivity contribution < 1.29 is 77.0 Å². The van der Waals surface area contributed by atoms with Crippen LogP contribution < -0.4 is 103 Å². The number of nitrogens with two attached hydrogens (primary N) is 5. The Morgan fingerprint density at radius 2 is 0.837 bits per heavy atom. The first-order valence-corrected chi connectivity index (χ1v) is 30.8. The molecular formula is C56H100N20O16. The molecule has 0 bridgehead atoms. The number of carboxylic acids is 1. The van der Waals surface area contributed by atoms with Crippen molar-refractivity contribution in [3.63, 3.8) is 0 Å². The van der Waals surface area contributed by atoms with Gasteiger partial charge in [-0.2, -0.15) is 0 Å². The molecule has 0 aromatic carbocycles. The quantitative estimate of drug-likeness (QED) is 0.0153. The minimum absolute atomic E-state index is 0.00565. The maximum atomic E-state index is 14.1. The van der Waals surface area contributed by atoms with E-state index in [0.29, 0.717) is 38.6 Å². The topological polar surface area (TPSA) is 599 Å². The lowest BCUT2D eigenvalue weighted by Gasteiger charge is -2.28. The van der Waals surface area contributed by atoms with Crippen LogP contribution in [0.4, 0.5) is 0 Å². The third kappa shape index (κ3) is 32.3. The molecule has 0 saturated carbocycles. The number of unbranched alkanes of at least 4 members (excludes halogenated alkanes) is 2. The summed E-state index contributed by atoms with van der Waals surface area (Å²) in [6.45, 7) is 10.2. The average molecular weight is 1310 g/mol. The second kappa shape index (κ2) is 43.1. The van der Waals surface area contributed by atoms with Gasteiger partial charge in [0.2, 0.25) is 82.7 Å². The van der Waals surface area contributed by atoms with Gasteiger partial charge in [-0.25, -0.2) is 4.79 Å². The highest BCUT2D eigenvalue weighted by Gasteiger charge is 2.35. The summed E-state index contributed by atoms with van der Waals surface area (Å²) in [5.41, 5.74) is 27.3. The second-order valence-corrected chi connectivity index (χ2v) is 23.1. The van der Waals surface area contributed by atoms with Crippen LogP contribution in [0.5, 0.6) is 0 Å². The van der Waals surface area contributed by atoms with E-state index in [1.54, 1.807) is 27.7 Å². The SMILES string of the molecule is CC(C)[C@H](NC(=O)[C@@H]1CCCN1)C(=O)NCC(=O)N[C@@H](CCC(N)=O)C(=O)N[C@@H](C)C(=O)N[C@@H](CCCCN)C(=O)NCC(=O)N[C@@H](CCCNC(=N)N)C(=O)N[C@@H](CCCCN)C(=O)N[C@H](C(=O)N[C@@H](C)C(=O)N[C@@H](C)C(=O)N[C@@H](CCC(N)=O)C(=O)O)C(C)C. The maximum Gasteiger partial charge on any atom is 0.326 e. The van der Waals surface area contributed by atoms with Gasteiger partial charge in [0.1, 0.15) is 60.4 Å². The summed E-state index contributed by atoms with van der Waals surface area (Å²) in [6.07, 6.45) is 1.47. The molecule has 0 radical (unpaired) electrons. The van der Waals surface area contributed by atoms with Crippen molar-refractivity contribution in [2.45, 2.75) is 205 Å². The summed E-state index contributed by atoms with van der Waals surface area (Å²) >= 11 is 0. The third-order valence-corrected chi connectivity index (χ3v) is 14.4. The van der Waals surface area contributed by atoms with Crippen molar-refractivity contribution in [1.29, 1.82) is 5.41 Å². The largest absolute Gasteiger partial charge is 0.480 e. The molecule has 26 N–H and O–H groups in total. The van der Waals surface area contributed by atoms with Gasteiger partial charge in [0.05, 0.1) is 19.1 Å². The van der Waals surface area contributed by atoms with Crippen molar-refractivity contribution >= 4 is 94.6 Å². The molecule has 14 amide bonds. The standard InChI is InChI=1S/C56H100N20O16/c1-28(2)43(75-49(85)33-16-12-24-63-33)53(89)66-27-42(80)71-37(18-20-39(59)77)50(86)68-32(7)46(82)72-34(14-8-10-22-57)48(84)65-26-41(79)70-35(17-13-25-64-56(61)62)51(87)73-36(15-9-11-23-58)52(88)76-44(29(3)4)54(90)69-30(5)45(81)67-31(6)47(83)74-38(55(91)92)19-21-40(60)78/h28-38,43-44,63H,8-27,57-58H2,1-7H3,(H2,59,77)(H2,60,78)(H,65,84)(H,66,89)(H,67,81)(H,68,86)(H,69,90)(H,70,79)(H,71,80)(H,72,82)(H,73,87)(H,74,83)(H,75,85)(H,76,88)(H,91,92)(H4,61,62,64)/t30-,31-,32-,33-,34-,35-,36-,37-,38-,43-,44-/m0/s1. The number of aliphatic carboxylic acids is 1. The van der Waals surface area contributed by atoms with Crippen LogP contribution >= 0.6 is 0 Å². The average Bonchev–Trinajstić information content (AvgIpc) is 1.92. The van der Waals surface area contributed by atoms with Crippen LogP contribution in [0.25, 0.3) is 0 Å². The highest BCUT2D eigenvalue weighted by molar-refractivity contribution is 5.99. The second-order valence-electron chi connectivity index (χ2n) is 23.1. The number of guanidine groups is 1. The first kappa shape index (κ1) is 81.2. The van der Waals surface area contributed by atoms with Crippen molar-refractivity contribution in [2.24, 2.45) is 40.5 Å². The molecule has 1 aliphatic heterocycles. The minimum atomic E-state index is -1.49. The number of carbonyl (C=O) groups excluding carboxylic acids is 14. The number of amides is 14. The highest BCUT2D eigenvalue weighted by Crippen LogP contribution is 2.11. The molecule has 520 valence electrons. The lowest BCUT2D eigenvalue weighted by Crippen LogP contribution is -2.60. The predicted molar refractivity (Wildman–Crippen MR) is 333 cm³/mol. The zero-order valence-corrected chi connectivity index (χ0v) is 53.6. The Labute approximate surface area is 534 Å². The summed E-state index contributed by atoms with van der Waals surface area (Å²) in [7, 11) is 0. The number of hydrogen-bond acceptors (Lipinski definition) is 19. The van der Waals surface area contributed by atoms with Crippen LogP contribution in [-0.4, -0.2) is 205 Å². The van der Waals surface area contributed by atoms with Gasteiger partial charge >= 0.3 is 5.97 Å². The van der Waals surface area contributed by atoms with Gasteiger partial charge in [-0.15, -0.1) is 0 Å². The molecule has 0 unspecified atom stereocenters. The Morgan fingerprint density at radius 3 is 1.30 bits per heavy atom. The number of carbonyl (C=O) groups is 15. The summed E-state index contributed by atoms with van der Waals surface area (Å²) < 4.78 is 0. The molecule has 36 nitrogen and oxygen atoms in total. The summed E-state index contributed by atoms with van der Waals surface area (Å²) in [5.74, 6) is -14.2. The molecule has 1 rings (SSSR count). The molecule has 0 aromatic heterocycles. The zero-order valence-electron chi connectivity index (χ0n) is 53.6. The van der Waals surface area contributed by atoms with Gasteiger partial charge in [-0.05, 0) is 129 Å². The summed E-state index contributed by atoms with van der Waals surface area (Å²) in [5, 5.41) is 52.3. The fraction of sp³-hybridized carbons (Fsp3) is 0.714. The van der Waals surface area contributed by atoms with Gasteiger partial charge in [-0.3, -0.25) is 72.5 Å². The fourth-order valence-electron chi connectivity index (χ4n) is 8.98. The molecule has 36 heteroatoms. The van der Waals surface area contributed by atoms with Crippen LogP contribution in [-0.2, 0) is 71.9 Å². The van der Waals surface area contributed by atoms with Crippen LogP contribution in [0, 0.1) is 17.2 Å². The van der Waals surface area contributed by atoms with Crippen molar-refractivity contribution in [1.82, 2.24) is 74.4 Å². The maximum absolute atomic E-state index is 14.1. The normalized spacial score (nSPS) is 15.9. The molecule has 1 fully saturated rings. The van der Waals surface area contributed by atoms with Gasteiger partial charge in [0.25, 0.3) is 0 Å². The summed E-state index contributed by atoms with van der Waals surface area (Å²) in [4.78, 5) is 196. The molecular weight excluding hydrogens is 1210 g/mol. The van der Waals surface area contributed by atoms with E-state index in [0.717, 1.165) is 6.42 Å². The van der Waals surface area contributed by atoms with Gasteiger partial charge in [0, 0.05) is 19.4 Å². The fourth-order valence-corrected chi connectivity index (χ4v) is 8.98. The van der Waals surface area contributed by atoms with Crippen LogP contribution in [0.2, 0.25) is 0 Å². The molecule has 11 atom stereocenters. The van der Waals surface area contributed by atoms with Crippen LogP contribution in [0.15, 0.2) is 0 Å². The smallest absolute Gasteiger partial charge is 0.326 e. The Bertz CT molecular complexity index is 2550. The van der Waals surface area contributed by atoms with Crippen molar-refractivity contribution in [3.8, 4) is 0 Å². The van der Waals surface area contributed by atoms with Crippen LogP contribution in [0.1, 0.15) is 138 Å². The summed E-state index contributed by atoms with van der Waals surface area (Å²) in [6, 6.07) is -13.8. The molecule has 92 heavy (non-hydrogen) atoms. The number of hydrogen-bond donors (Lipinski definition) is 21. The molecule has 0 aromatic rings. The van der Waals surface area contributed by atoms with Gasteiger partial charge < -0.3 is 108 Å². The van der Waals surface area contributed by atoms with Crippen molar-refractivity contribution in [2.75, 3.05) is 39.3 Å². The molecule has 1 heterocycles. The highest BCUT2D eigenvalue weighted by atomic mass is 16.4. The Morgan fingerprint density at radius 1 is 0.446 bits per heavy atom. The van der Waals surface area contributed by atoms with E-state index in [9.17, 15) is 77.0 Å². The van der Waals surface area contributed by atoms with Gasteiger partial charge in [0.15, 0.2) is 5.96 Å². The minimum Gasteiger partial charge on any atom is -0.480 e. The van der Waals surface area contributed by atoms with E-state index in [2.05, 4.69) is 74.4 Å². The molecule has 0 spiro atoms. The van der Waals surface area contributed by atoms with E-state index < -0.39 is 168 Å². The first-order chi connectivity index (χ1) is 43.2.